The van der Waals surface area contributed by atoms with Crippen LogP contribution in [-0.4, -0.2) is 42.6 Å². The summed E-state index contributed by atoms with van der Waals surface area (Å²) in [5.41, 5.74) is 0. The van der Waals surface area contributed by atoms with E-state index < -0.39 is 21.7 Å². The third-order valence-corrected chi connectivity index (χ3v) is 5.14. The van der Waals surface area contributed by atoms with E-state index in [0.29, 0.717) is 18.7 Å². The molecule has 0 saturated carbocycles. The van der Waals surface area contributed by atoms with E-state index in [1.807, 2.05) is 6.92 Å². The number of esters is 1. The lowest BCUT2D eigenvalue weighted by Gasteiger charge is -2.16. The molecule has 0 N–H and O–H groups in total. The summed E-state index contributed by atoms with van der Waals surface area (Å²) in [6.07, 6.45) is 0.998. The number of rotatable bonds is 5. The van der Waals surface area contributed by atoms with E-state index in [0.717, 1.165) is 0 Å². The maximum absolute atomic E-state index is 12.1. The molecule has 0 spiro atoms. The molecule has 0 radical (unpaired) electrons. The van der Waals surface area contributed by atoms with Crippen molar-refractivity contribution < 1.29 is 22.5 Å². The van der Waals surface area contributed by atoms with Gasteiger partial charge in [-0.05, 0) is 19.3 Å². The summed E-state index contributed by atoms with van der Waals surface area (Å²) >= 11 is 0. The highest BCUT2D eigenvalue weighted by Gasteiger charge is 2.42. The molecule has 0 bridgehead atoms. The average molecular weight is 302 g/mol. The lowest BCUT2D eigenvalue weighted by Crippen LogP contribution is -2.25. The quantitative estimate of drug-likeness (QED) is 0.738. The number of hydrogen-bond acceptors (Lipinski definition) is 7. The van der Waals surface area contributed by atoms with Crippen LogP contribution in [0.4, 0.5) is 0 Å². The molecule has 20 heavy (non-hydrogen) atoms. The monoisotopic (exact) mass is 302 g/mol. The zero-order valence-corrected chi connectivity index (χ0v) is 12.4. The first-order valence-electron chi connectivity index (χ1n) is 6.66. The van der Waals surface area contributed by atoms with Crippen molar-refractivity contribution in [3.8, 4) is 0 Å². The van der Waals surface area contributed by atoms with Gasteiger partial charge in [-0.2, -0.15) is 4.98 Å². The Kier molecular flexibility index (Phi) is 4.42. The molecule has 7 nitrogen and oxygen atoms in total. The smallest absolute Gasteiger partial charge is 0.318 e. The molecular weight excluding hydrogens is 284 g/mol. The van der Waals surface area contributed by atoms with Crippen LogP contribution in [0.25, 0.3) is 0 Å². The molecule has 1 aromatic heterocycles. The summed E-state index contributed by atoms with van der Waals surface area (Å²) in [6, 6.07) is 0. The maximum Gasteiger partial charge on any atom is 0.318 e. The van der Waals surface area contributed by atoms with Crippen molar-refractivity contribution in [1.82, 2.24) is 10.1 Å². The zero-order chi connectivity index (χ0) is 14.8. The summed E-state index contributed by atoms with van der Waals surface area (Å²) in [5.74, 6) is -0.953. The van der Waals surface area contributed by atoms with Crippen LogP contribution in [0, 0.1) is 5.92 Å². The van der Waals surface area contributed by atoms with E-state index in [1.54, 1.807) is 6.92 Å². The van der Waals surface area contributed by atoms with Crippen LogP contribution in [0.2, 0.25) is 0 Å². The molecule has 2 unspecified atom stereocenters. The van der Waals surface area contributed by atoms with Crippen molar-refractivity contribution in [3.05, 3.63) is 11.7 Å². The number of hydrogen-bond donors (Lipinski definition) is 0. The molecule has 0 amide bonds. The topological polar surface area (TPSA) is 99.4 Å². The number of carbonyl (C=O) groups excluding carboxylic acids is 1. The number of carbonyl (C=O) groups is 1. The lowest BCUT2D eigenvalue weighted by atomic mass is 9.91. The van der Waals surface area contributed by atoms with Gasteiger partial charge in [-0.3, -0.25) is 4.79 Å². The first kappa shape index (κ1) is 15.0. The second-order valence-corrected chi connectivity index (χ2v) is 7.02. The maximum atomic E-state index is 12.1. The van der Waals surface area contributed by atoms with Crippen molar-refractivity contribution in [2.75, 3.05) is 18.1 Å². The first-order valence-corrected chi connectivity index (χ1v) is 8.48. The minimum absolute atomic E-state index is 0.0413. The summed E-state index contributed by atoms with van der Waals surface area (Å²) < 4.78 is 33.3. The van der Waals surface area contributed by atoms with Gasteiger partial charge in [-0.25, -0.2) is 8.42 Å². The van der Waals surface area contributed by atoms with Gasteiger partial charge < -0.3 is 9.26 Å². The fraction of sp³-hybridized carbons (Fsp3) is 0.750. The molecule has 1 fully saturated rings. The van der Waals surface area contributed by atoms with Gasteiger partial charge in [0.05, 0.1) is 18.1 Å². The zero-order valence-electron chi connectivity index (χ0n) is 11.5. The highest BCUT2D eigenvalue weighted by molar-refractivity contribution is 7.91. The summed E-state index contributed by atoms with van der Waals surface area (Å²) in [4.78, 5) is 16.2. The SMILES string of the molecule is CCOC(=O)C(c1nc(CC)no1)C1CCS(=O)(=O)C1. The Balaban J connectivity index is 2.27. The summed E-state index contributed by atoms with van der Waals surface area (Å²) in [5, 5.41) is 3.76. The van der Waals surface area contributed by atoms with Gasteiger partial charge in [0.15, 0.2) is 15.7 Å². The van der Waals surface area contributed by atoms with Crippen LogP contribution in [0.1, 0.15) is 37.9 Å². The molecule has 1 aliphatic rings. The van der Waals surface area contributed by atoms with E-state index in [4.69, 9.17) is 9.26 Å². The molecular formula is C12H18N2O5S. The number of aromatic nitrogens is 2. The molecule has 112 valence electrons. The van der Waals surface area contributed by atoms with Gasteiger partial charge in [-0.1, -0.05) is 12.1 Å². The van der Waals surface area contributed by atoms with Crippen molar-refractivity contribution in [3.63, 3.8) is 0 Å². The third kappa shape index (κ3) is 3.17. The van der Waals surface area contributed by atoms with Crippen LogP contribution in [0.5, 0.6) is 0 Å². The minimum atomic E-state index is -3.09. The lowest BCUT2D eigenvalue weighted by molar-refractivity contribution is -0.146. The predicted molar refractivity (Wildman–Crippen MR) is 69.8 cm³/mol. The molecule has 0 aromatic carbocycles. The first-order chi connectivity index (χ1) is 9.46. The Labute approximate surface area is 117 Å². The highest BCUT2D eigenvalue weighted by Crippen LogP contribution is 2.33. The highest BCUT2D eigenvalue weighted by atomic mass is 32.2. The Morgan fingerprint density at radius 1 is 1.50 bits per heavy atom. The van der Waals surface area contributed by atoms with Gasteiger partial charge in [0.25, 0.3) is 0 Å². The van der Waals surface area contributed by atoms with Crippen LogP contribution in [0.15, 0.2) is 4.52 Å². The summed E-state index contributed by atoms with van der Waals surface area (Å²) in [7, 11) is -3.09. The normalized spacial score (nSPS) is 22.6. The van der Waals surface area contributed by atoms with Gasteiger partial charge in [0, 0.05) is 6.42 Å². The largest absolute Gasteiger partial charge is 0.465 e. The molecule has 8 heteroatoms. The fourth-order valence-corrected chi connectivity index (χ4v) is 4.19. The molecule has 0 aliphatic carbocycles. The van der Waals surface area contributed by atoms with Crippen molar-refractivity contribution in [2.45, 2.75) is 32.6 Å². The Morgan fingerprint density at radius 2 is 2.25 bits per heavy atom. The molecule has 1 aliphatic heterocycles. The third-order valence-electron chi connectivity index (χ3n) is 3.35. The molecule has 1 aromatic rings. The molecule has 2 heterocycles. The fourth-order valence-electron chi connectivity index (χ4n) is 2.35. The number of ether oxygens (including phenoxy) is 1. The van der Waals surface area contributed by atoms with Gasteiger partial charge >= 0.3 is 5.97 Å². The second kappa shape index (κ2) is 5.90. The average Bonchev–Trinajstić information content (AvgIpc) is 2.97. The van der Waals surface area contributed by atoms with Crippen LogP contribution >= 0.6 is 0 Å². The van der Waals surface area contributed by atoms with Gasteiger partial charge in [0.2, 0.25) is 5.89 Å². The Hall–Kier alpha value is -1.44. The van der Waals surface area contributed by atoms with E-state index in [2.05, 4.69) is 10.1 Å². The van der Waals surface area contributed by atoms with E-state index in [9.17, 15) is 13.2 Å². The Morgan fingerprint density at radius 3 is 2.75 bits per heavy atom. The number of aryl methyl sites for hydroxylation is 1. The standard InChI is InChI=1S/C12H18N2O5S/c1-3-9-13-11(19-14-9)10(12(15)18-4-2)8-5-6-20(16,17)7-8/h8,10H,3-7H2,1-2H3. The van der Waals surface area contributed by atoms with Gasteiger partial charge in [-0.15, -0.1) is 0 Å². The van der Waals surface area contributed by atoms with Crippen LogP contribution < -0.4 is 0 Å². The second-order valence-electron chi connectivity index (χ2n) is 4.80. The van der Waals surface area contributed by atoms with Crippen molar-refractivity contribution in [1.29, 1.82) is 0 Å². The number of sulfone groups is 1. The van der Waals surface area contributed by atoms with Crippen molar-refractivity contribution in [2.24, 2.45) is 5.92 Å². The Bertz CT molecular complexity index is 580. The summed E-state index contributed by atoms with van der Waals surface area (Å²) in [6.45, 7) is 3.79. The molecule has 2 rings (SSSR count). The van der Waals surface area contributed by atoms with E-state index in [-0.39, 0.29) is 29.9 Å². The van der Waals surface area contributed by atoms with Gasteiger partial charge in [0.1, 0.15) is 5.92 Å². The molecule has 2 atom stereocenters. The predicted octanol–water partition coefficient (Wildman–Crippen LogP) is 0.713. The number of nitrogens with zero attached hydrogens (tertiary/aromatic N) is 2. The van der Waals surface area contributed by atoms with Crippen LogP contribution in [-0.2, 0) is 25.8 Å². The van der Waals surface area contributed by atoms with E-state index >= 15 is 0 Å². The minimum Gasteiger partial charge on any atom is -0.465 e. The van der Waals surface area contributed by atoms with Crippen molar-refractivity contribution >= 4 is 15.8 Å². The molecule has 1 saturated heterocycles. The van der Waals surface area contributed by atoms with Crippen LogP contribution in [0.3, 0.4) is 0 Å². The van der Waals surface area contributed by atoms with E-state index in [1.165, 1.54) is 0 Å².